The molecule has 0 saturated heterocycles. The van der Waals surface area contributed by atoms with Gasteiger partial charge < -0.3 is 14.1 Å². The topological polar surface area (TPSA) is 66.5 Å². The first-order chi connectivity index (χ1) is 10.7. The number of nitrogens with zero attached hydrogens (tertiary/aromatic N) is 2. The number of benzene rings is 1. The van der Waals surface area contributed by atoms with E-state index in [0.29, 0.717) is 34.6 Å². The fourth-order valence-corrected chi connectivity index (χ4v) is 2.41. The molecule has 0 bridgehead atoms. The summed E-state index contributed by atoms with van der Waals surface area (Å²) >= 11 is 3.38. The van der Waals surface area contributed by atoms with Crippen LogP contribution in [0.4, 0.5) is 0 Å². The van der Waals surface area contributed by atoms with Crippen molar-refractivity contribution in [3.8, 4) is 11.8 Å². The Morgan fingerprint density at radius 2 is 2.27 bits per heavy atom. The second kappa shape index (κ2) is 7.66. The highest BCUT2D eigenvalue weighted by Crippen LogP contribution is 2.24. The lowest BCUT2D eigenvalue weighted by Crippen LogP contribution is -2.31. The molecule has 0 aliphatic carbocycles. The van der Waals surface area contributed by atoms with E-state index in [9.17, 15) is 4.79 Å². The first kappa shape index (κ1) is 16.1. The minimum atomic E-state index is -0.183. The first-order valence-corrected chi connectivity index (χ1v) is 7.47. The Labute approximate surface area is 137 Å². The van der Waals surface area contributed by atoms with Gasteiger partial charge >= 0.3 is 0 Å². The van der Waals surface area contributed by atoms with E-state index in [-0.39, 0.29) is 12.3 Å². The largest absolute Gasteiger partial charge is 0.497 e. The van der Waals surface area contributed by atoms with Crippen LogP contribution in [-0.2, 0) is 6.54 Å². The fraction of sp³-hybridized carbons (Fsp3) is 0.250. The summed E-state index contributed by atoms with van der Waals surface area (Å²) in [7, 11) is 1.55. The fourth-order valence-electron chi connectivity index (χ4n) is 1.99. The first-order valence-electron chi connectivity index (χ1n) is 6.68. The van der Waals surface area contributed by atoms with E-state index in [1.165, 1.54) is 0 Å². The number of ether oxygens (including phenoxy) is 1. The molecule has 0 unspecified atom stereocenters. The number of carbonyl (C=O) groups excluding carboxylic acids is 1. The van der Waals surface area contributed by atoms with Gasteiger partial charge in [-0.2, -0.15) is 5.26 Å². The normalized spacial score (nSPS) is 10.0. The second-order valence-electron chi connectivity index (χ2n) is 4.56. The van der Waals surface area contributed by atoms with E-state index >= 15 is 0 Å². The molecule has 0 N–H and O–H groups in total. The minimum absolute atomic E-state index is 0.183. The molecular formula is C16H15BrN2O3. The van der Waals surface area contributed by atoms with Crippen molar-refractivity contribution in [1.29, 1.82) is 5.26 Å². The quantitative estimate of drug-likeness (QED) is 0.787. The van der Waals surface area contributed by atoms with Gasteiger partial charge in [-0.15, -0.1) is 0 Å². The number of halogens is 1. The Bertz CT molecular complexity index is 677. The van der Waals surface area contributed by atoms with Gasteiger partial charge in [0.1, 0.15) is 11.5 Å². The molecule has 1 heterocycles. The summed E-state index contributed by atoms with van der Waals surface area (Å²) in [5, 5.41) is 8.79. The molecule has 0 radical (unpaired) electrons. The highest BCUT2D eigenvalue weighted by molar-refractivity contribution is 9.10. The number of furan rings is 1. The molecule has 0 aliphatic heterocycles. The van der Waals surface area contributed by atoms with Crippen LogP contribution in [0.1, 0.15) is 22.5 Å². The Kier molecular flexibility index (Phi) is 5.61. The molecule has 1 aromatic carbocycles. The molecule has 0 saturated carbocycles. The van der Waals surface area contributed by atoms with Crippen molar-refractivity contribution in [2.24, 2.45) is 0 Å². The van der Waals surface area contributed by atoms with Crippen LogP contribution in [0.2, 0.25) is 0 Å². The smallest absolute Gasteiger partial charge is 0.255 e. The van der Waals surface area contributed by atoms with Crippen molar-refractivity contribution in [3.05, 3.63) is 52.4 Å². The van der Waals surface area contributed by atoms with Crippen LogP contribution < -0.4 is 4.74 Å². The molecule has 2 aromatic rings. The maximum absolute atomic E-state index is 12.8. The lowest BCUT2D eigenvalue weighted by Gasteiger charge is -2.21. The maximum atomic E-state index is 12.8. The predicted molar refractivity (Wildman–Crippen MR) is 84.4 cm³/mol. The maximum Gasteiger partial charge on any atom is 0.255 e. The third kappa shape index (κ3) is 3.89. The molecule has 6 heteroatoms. The molecule has 114 valence electrons. The number of hydrogen-bond donors (Lipinski definition) is 0. The van der Waals surface area contributed by atoms with E-state index in [4.69, 9.17) is 14.4 Å². The summed E-state index contributed by atoms with van der Waals surface area (Å²) in [4.78, 5) is 14.3. The molecule has 0 atom stereocenters. The van der Waals surface area contributed by atoms with Crippen molar-refractivity contribution in [3.63, 3.8) is 0 Å². The SMILES string of the molecule is COc1ccc(Br)c(C(=O)N(CCC#N)Cc2ccco2)c1. The van der Waals surface area contributed by atoms with Gasteiger partial charge in [0.15, 0.2) is 0 Å². The third-order valence-corrected chi connectivity index (χ3v) is 3.80. The van der Waals surface area contributed by atoms with Crippen LogP contribution in [-0.4, -0.2) is 24.5 Å². The number of rotatable bonds is 6. The zero-order valence-electron chi connectivity index (χ0n) is 12.1. The van der Waals surface area contributed by atoms with Gasteiger partial charge in [-0.05, 0) is 46.3 Å². The van der Waals surface area contributed by atoms with Gasteiger partial charge in [0.05, 0.1) is 38.0 Å². The summed E-state index contributed by atoms with van der Waals surface area (Å²) in [6, 6.07) is 10.8. The third-order valence-electron chi connectivity index (χ3n) is 3.11. The molecule has 0 spiro atoms. The van der Waals surface area contributed by atoms with Crippen LogP contribution in [0, 0.1) is 11.3 Å². The average molecular weight is 363 g/mol. The summed E-state index contributed by atoms with van der Waals surface area (Å²) < 4.78 is 11.1. The van der Waals surface area contributed by atoms with E-state index in [2.05, 4.69) is 22.0 Å². The van der Waals surface area contributed by atoms with Crippen LogP contribution in [0.3, 0.4) is 0 Å². The zero-order chi connectivity index (χ0) is 15.9. The zero-order valence-corrected chi connectivity index (χ0v) is 13.7. The summed E-state index contributed by atoms with van der Waals surface area (Å²) in [5.74, 6) is 1.09. The Morgan fingerprint density at radius 3 is 2.91 bits per heavy atom. The van der Waals surface area contributed by atoms with Crippen molar-refractivity contribution >= 4 is 21.8 Å². The Morgan fingerprint density at radius 1 is 1.45 bits per heavy atom. The predicted octanol–water partition coefficient (Wildman–Crippen LogP) is 3.61. The van der Waals surface area contributed by atoms with E-state index in [0.717, 1.165) is 0 Å². The minimum Gasteiger partial charge on any atom is -0.497 e. The highest BCUT2D eigenvalue weighted by Gasteiger charge is 2.20. The molecule has 1 aromatic heterocycles. The van der Waals surface area contributed by atoms with Crippen LogP contribution >= 0.6 is 15.9 Å². The lowest BCUT2D eigenvalue weighted by molar-refractivity contribution is 0.0734. The van der Waals surface area contributed by atoms with E-state index in [1.54, 1.807) is 48.6 Å². The molecule has 5 nitrogen and oxygen atoms in total. The molecular weight excluding hydrogens is 348 g/mol. The van der Waals surface area contributed by atoms with Gasteiger partial charge in [0.2, 0.25) is 0 Å². The van der Waals surface area contributed by atoms with Gasteiger partial charge in [-0.25, -0.2) is 0 Å². The summed E-state index contributed by atoms with van der Waals surface area (Å²) in [6.45, 7) is 0.650. The van der Waals surface area contributed by atoms with E-state index < -0.39 is 0 Å². The summed E-state index contributed by atoms with van der Waals surface area (Å²) in [6.07, 6.45) is 1.82. The van der Waals surface area contributed by atoms with Crippen molar-refractivity contribution in [1.82, 2.24) is 4.90 Å². The lowest BCUT2D eigenvalue weighted by atomic mass is 10.1. The van der Waals surface area contributed by atoms with Crippen LogP contribution in [0.15, 0.2) is 45.5 Å². The number of nitriles is 1. The number of amides is 1. The highest BCUT2D eigenvalue weighted by atomic mass is 79.9. The molecule has 0 fully saturated rings. The standard InChI is InChI=1S/C16H15BrN2O3/c1-21-12-5-6-15(17)14(10-12)16(20)19(8-3-7-18)11-13-4-2-9-22-13/h2,4-6,9-10H,3,8,11H2,1H3. The van der Waals surface area contributed by atoms with Gasteiger partial charge in [0, 0.05) is 11.0 Å². The molecule has 2 rings (SSSR count). The second-order valence-corrected chi connectivity index (χ2v) is 5.41. The van der Waals surface area contributed by atoms with Crippen molar-refractivity contribution in [2.45, 2.75) is 13.0 Å². The summed E-state index contributed by atoms with van der Waals surface area (Å²) in [5.41, 5.74) is 0.490. The van der Waals surface area contributed by atoms with Crippen LogP contribution in [0.25, 0.3) is 0 Å². The van der Waals surface area contributed by atoms with E-state index in [1.807, 2.05) is 0 Å². The van der Waals surface area contributed by atoms with Gasteiger partial charge in [-0.1, -0.05) is 0 Å². The Balaban J connectivity index is 2.26. The van der Waals surface area contributed by atoms with Crippen molar-refractivity contribution in [2.75, 3.05) is 13.7 Å². The molecule has 0 aliphatic rings. The molecule has 22 heavy (non-hydrogen) atoms. The van der Waals surface area contributed by atoms with Gasteiger partial charge in [0.25, 0.3) is 5.91 Å². The monoisotopic (exact) mass is 362 g/mol. The number of carbonyl (C=O) groups is 1. The van der Waals surface area contributed by atoms with Crippen LogP contribution in [0.5, 0.6) is 5.75 Å². The number of methoxy groups -OCH3 is 1. The Hall–Kier alpha value is -2.26. The number of hydrogen-bond acceptors (Lipinski definition) is 4. The van der Waals surface area contributed by atoms with Crippen molar-refractivity contribution < 1.29 is 13.9 Å². The average Bonchev–Trinajstić information content (AvgIpc) is 3.04. The molecule has 1 amide bonds. The van der Waals surface area contributed by atoms with Gasteiger partial charge in [-0.3, -0.25) is 4.79 Å².